The SMILES string of the molecule is CC1(C)CNCC=C1c1ccc(Cl)c2ccoc12. The molecule has 0 saturated heterocycles. The molecule has 3 rings (SSSR count). The Morgan fingerprint density at radius 3 is 2.89 bits per heavy atom. The fourth-order valence-corrected chi connectivity index (χ4v) is 2.86. The molecule has 2 heterocycles. The number of nitrogens with one attached hydrogen (secondary N) is 1. The molecule has 3 heteroatoms. The van der Waals surface area contributed by atoms with E-state index < -0.39 is 0 Å². The van der Waals surface area contributed by atoms with Gasteiger partial charge in [0, 0.05) is 29.5 Å². The van der Waals surface area contributed by atoms with Gasteiger partial charge in [-0.3, -0.25) is 0 Å². The summed E-state index contributed by atoms with van der Waals surface area (Å²) in [7, 11) is 0. The fraction of sp³-hybridized carbons (Fsp3) is 0.333. The van der Waals surface area contributed by atoms with Crippen LogP contribution in [0.25, 0.3) is 16.5 Å². The van der Waals surface area contributed by atoms with Crippen molar-refractivity contribution in [3.63, 3.8) is 0 Å². The number of halogens is 1. The molecule has 2 aromatic rings. The van der Waals surface area contributed by atoms with Gasteiger partial charge in [-0.1, -0.05) is 31.5 Å². The maximum absolute atomic E-state index is 6.19. The molecule has 0 aliphatic carbocycles. The van der Waals surface area contributed by atoms with E-state index in [1.807, 2.05) is 12.1 Å². The molecule has 1 aromatic heterocycles. The van der Waals surface area contributed by atoms with Crippen molar-refractivity contribution < 1.29 is 4.42 Å². The van der Waals surface area contributed by atoms with Gasteiger partial charge in [0.05, 0.1) is 11.3 Å². The second-order valence-corrected chi connectivity index (χ2v) is 5.80. The van der Waals surface area contributed by atoms with E-state index in [4.69, 9.17) is 16.0 Å². The molecule has 0 bridgehead atoms. The predicted molar refractivity (Wildman–Crippen MR) is 75.9 cm³/mol. The molecule has 0 unspecified atom stereocenters. The topological polar surface area (TPSA) is 25.2 Å². The zero-order chi connectivity index (χ0) is 12.8. The van der Waals surface area contributed by atoms with Crippen LogP contribution in [0.5, 0.6) is 0 Å². The lowest BCUT2D eigenvalue weighted by Gasteiger charge is -2.32. The highest BCUT2D eigenvalue weighted by Gasteiger charge is 2.28. The molecule has 0 amide bonds. The summed E-state index contributed by atoms with van der Waals surface area (Å²) >= 11 is 6.19. The number of fused-ring (bicyclic) bond motifs is 1. The van der Waals surface area contributed by atoms with E-state index in [9.17, 15) is 0 Å². The van der Waals surface area contributed by atoms with Crippen LogP contribution in [-0.4, -0.2) is 13.1 Å². The van der Waals surface area contributed by atoms with Crippen LogP contribution in [0.15, 0.2) is 35.0 Å². The van der Waals surface area contributed by atoms with Crippen molar-refractivity contribution in [1.82, 2.24) is 5.32 Å². The maximum Gasteiger partial charge on any atom is 0.142 e. The molecule has 2 nitrogen and oxygen atoms in total. The molecule has 0 fully saturated rings. The van der Waals surface area contributed by atoms with E-state index >= 15 is 0 Å². The molecule has 1 N–H and O–H groups in total. The van der Waals surface area contributed by atoms with Gasteiger partial charge in [-0.2, -0.15) is 0 Å². The second-order valence-electron chi connectivity index (χ2n) is 5.39. The van der Waals surface area contributed by atoms with E-state index in [2.05, 4.69) is 31.3 Å². The molecular weight excluding hydrogens is 246 g/mol. The van der Waals surface area contributed by atoms with Crippen molar-refractivity contribution in [1.29, 1.82) is 0 Å². The minimum atomic E-state index is 0.103. The zero-order valence-electron chi connectivity index (χ0n) is 10.6. The van der Waals surface area contributed by atoms with Crippen LogP contribution in [0.4, 0.5) is 0 Å². The standard InChI is InChI=1S/C15H16ClNO/c1-15(2)9-17-7-5-12(15)10-3-4-13(16)11-6-8-18-14(10)11/h3-6,8,17H,7,9H2,1-2H3. The number of hydrogen-bond acceptors (Lipinski definition) is 2. The van der Waals surface area contributed by atoms with Crippen LogP contribution in [0.3, 0.4) is 0 Å². The molecule has 94 valence electrons. The molecule has 1 aliphatic rings. The van der Waals surface area contributed by atoms with Gasteiger partial charge in [0.15, 0.2) is 0 Å². The van der Waals surface area contributed by atoms with Gasteiger partial charge in [-0.05, 0) is 23.8 Å². The summed E-state index contributed by atoms with van der Waals surface area (Å²) in [4.78, 5) is 0. The van der Waals surface area contributed by atoms with Crippen molar-refractivity contribution in [2.75, 3.05) is 13.1 Å². The third-order valence-electron chi connectivity index (χ3n) is 3.60. The first kappa shape index (κ1) is 11.8. The number of rotatable bonds is 1. The Morgan fingerprint density at radius 2 is 2.11 bits per heavy atom. The van der Waals surface area contributed by atoms with Gasteiger partial charge in [-0.25, -0.2) is 0 Å². The van der Waals surface area contributed by atoms with Gasteiger partial charge in [0.1, 0.15) is 5.58 Å². The summed E-state index contributed by atoms with van der Waals surface area (Å²) in [5.41, 5.74) is 3.48. The normalized spacial score (nSPS) is 18.9. The highest BCUT2D eigenvalue weighted by molar-refractivity contribution is 6.35. The first-order valence-electron chi connectivity index (χ1n) is 6.17. The lowest BCUT2D eigenvalue weighted by Crippen LogP contribution is -2.35. The maximum atomic E-state index is 6.19. The molecule has 1 aliphatic heterocycles. The molecule has 0 spiro atoms. The van der Waals surface area contributed by atoms with E-state index in [-0.39, 0.29) is 5.41 Å². The Morgan fingerprint density at radius 1 is 1.28 bits per heavy atom. The van der Waals surface area contributed by atoms with Gasteiger partial charge >= 0.3 is 0 Å². The third-order valence-corrected chi connectivity index (χ3v) is 3.93. The molecular formula is C15H16ClNO. The van der Waals surface area contributed by atoms with E-state index in [0.29, 0.717) is 0 Å². The minimum Gasteiger partial charge on any atom is -0.464 e. The first-order chi connectivity index (χ1) is 8.59. The van der Waals surface area contributed by atoms with Crippen molar-refractivity contribution in [2.24, 2.45) is 5.41 Å². The van der Waals surface area contributed by atoms with Crippen LogP contribution in [-0.2, 0) is 0 Å². The summed E-state index contributed by atoms with van der Waals surface area (Å²) in [5, 5.41) is 5.13. The van der Waals surface area contributed by atoms with Crippen LogP contribution in [0, 0.1) is 5.41 Å². The Balaban J connectivity index is 2.23. The van der Waals surface area contributed by atoms with E-state index in [0.717, 1.165) is 34.6 Å². The first-order valence-corrected chi connectivity index (χ1v) is 6.55. The van der Waals surface area contributed by atoms with E-state index in [1.165, 1.54) is 5.57 Å². The molecule has 0 atom stereocenters. The Kier molecular flexibility index (Phi) is 2.72. The number of benzene rings is 1. The Labute approximate surface area is 112 Å². The summed E-state index contributed by atoms with van der Waals surface area (Å²) in [5.74, 6) is 0. The zero-order valence-corrected chi connectivity index (χ0v) is 11.3. The fourth-order valence-electron chi connectivity index (χ4n) is 2.64. The quantitative estimate of drug-likeness (QED) is 0.836. The van der Waals surface area contributed by atoms with Gasteiger partial charge in [0.2, 0.25) is 0 Å². The Hall–Kier alpha value is -1.25. The predicted octanol–water partition coefficient (Wildman–Crippen LogP) is 4.10. The van der Waals surface area contributed by atoms with Crippen LogP contribution < -0.4 is 5.32 Å². The molecule has 1 aromatic carbocycles. The average Bonchev–Trinajstić information content (AvgIpc) is 2.80. The van der Waals surface area contributed by atoms with Gasteiger partial charge < -0.3 is 9.73 Å². The summed E-state index contributed by atoms with van der Waals surface area (Å²) in [6.07, 6.45) is 3.95. The third kappa shape index (κ3) is 1.76. The van der Waals surface area contributed by atoms with Gasteiger partial charge in [0.25, 0.3) is 0 Å². The van der Waals surface area contributed by atoms with Crippen LogP contribution >= 0.6 is 11.6 Å². The van der Waals surface area contributed by atoms with Crippen molar-refractivity contribution in [2.45, 2.75) is 13.8 Å². The van der Waals surface area contributed by atoms with Crippen molar-refractivity contribution >= 4 is 28.1 Å². The summed E-state index contributed by atoms with van der Waals surface area (Å²) in [6, 6.07) is 5.94. The van der Waals surface area contributed by atoms with Crippen molar-refractivity contribution in [3.05, 3.63) is 41.1 Å². The lowest BCUT2D eigenvalue weighted by atomic mass is 9.78. The summed E-state index contributed by atoms with van der Waals surface area (Å²) in [6.45, 7) is 6.37. The smallest absolute Gasteiger partial charge is 0.142 e. The van der Waals surface area contributed by atoms with Crippen LogP contribution in [0.1, 0.15) is 19.4 Å². The molecule has 18 heavy (non-hydrogen) atoms. The minimum absolute atomic E-state index is 0.103. The lowest BCUT2D eigenvalue weighted by molar-refractivity contribution is 0.445. The molecule has 0 radical (unpaired) electrons. The number of hydrogen-bond donors (Lipinski definition) is 1. The highest BCUT2D eigenvalue weighted by Crippen LogP contribution is 2.40. The number of furan rings is 1. The average molecular weight is 262 g/mol. The molecule has 0 saturated carbocycles. The highest BCUT2D eigenvalue weighted by atomic mass is 35.5. The Bertz CT molecular complexity index is 624. The van der Waals surface area contributed by atoms with E-state index in [1.54, 1.807) is 6.26 Å². The second kappa shape index (κ2) is 4.15. The summed E-state index contributed by atoms with van der Waals surface area (Å²) < 4.78 is 5.63. The van der Waals surface area contributed by atoms with Crippen LogP contribution in [0.2, 0.25) is 5.02 Å². The van der Waals surface area contributed by atoms with Gasteiger partial charge in [-0.15, -0.1) is 0 Å². The van der Waals surface area contributed by atoms with Crippen molar-refractivity contribution in [3.8, 4) is 0 Å². The largest absolute Gasteiger partial charge is 0.464 e. The monoisotopic (exact) mass is 261 g/mol.